The number of hydrogen-bond donors (Lipinski definition) is 0. The first kappa shape index (κ1) is 15.4. The Hall–Kier alpha value is -1.50. The van der Waals surface area contributed by atoms with Crippen LogP contribution in [-0.4, -0.2) is 33.3 Å². The van der Waals surface area contributed by atoms with Gasteiger partial charge in [-0.25, -0.2) is 9.97 Å². The fraction of sp³-hybridized carbons (Fsp3) is 0.400. The minimum Gasteiger partial charge on any atom is -0.397 e. The van der Waals surface area contributed by atoms with E-state index in [4.69, 9.17) is 20.9 Å². The van der Waals surface area contributed by atoms with E-state index in [1.165, 1.54) is 0 Å². The van der Waals surface area contributed by atoms with Gasteiger partial charge in [0.1, 0.15) is 0 Å². The van der Waals surface area contributed by atoms with Gasteiger partial charge in [-0.15, -0.1) is 0 Å². The largest absolute Gasteiger partial charge is 0.534 e. The Labute approximate surface area is 135 Å². The van der Waals surface area contributed by atoms with E-state index in [0.717, 1.165) is 5.56 Å². The highest BCUT2D eigenvalue weighted by atomic mass is 35.5. The molecular weight excluding hydrogens is 300 g/mol. The Bertz CT molecular complexity index is 678. The smallest absolute Gasteiger partial charge is 0.397 e. The van der Waals surface area contributed by atoms with Crippen molar-refractivity contribution in [2.45, 2.75) is 38.9 Å². The van der Waals surface area contributed by atoms with Crippen molar-refractivity contribution in [1.29, 1.82) is 0 Å². The molecule has 0 amide bonds. The summed E-state index contributed by atoms with van der Waals surface area (Å²) in [5.74, 6) is 0.505. The van der Waals surface area contributed by atoms with Crippen molar-refractivity contribution in [3.05, 3.63) is 35.6 Å². The second kappa shape index (κ2) is 5.30. The summed E-state index contributed by atoms with van der Waals surface area (Å²) in [4.78, 5) is 12.8. The van der Waals surface area contributed by atoms with Crippen molar-refractivity contribution >= 4 is 24.4 Å². The molecular formula is C15H17BClN3O2. The molecule has 1 aliphatic heterocycles. The molecule has 0 bridgehead atoms. The Morgan fingerprint density at radius 1 is 0.909 bits per heavy atom. The number of aromatic nitrogens is 3. The number of nitrogens with zero attached hydrogens (tertiary/aromatic N) is 3. The summed E-state index contributed by atoms with van der Waals surface area (Å²) in [5.41, 5.74) is 0.343. The third-order valence-corrected chi connectivity index (χ3v) is 4.29. The zero-order valence-corrected chi connectivity index (χ0v) is 13.8. The number of benzene rings is 1. The highest BCUT2D eigenvalue weighted by molar-refractivity contribution is 6.60. The van der Waals surface area contributed by atoms with Gasteiger partial charge in [0.2, 0.25) is 5.28 Å². The maximum atomic E-state index is 6.05. The Morgan fingerprint density at radius 3 is 2.09 bits per heavy atom. The summed E-state index contributed by atoms with van der Waals surface area (Å²) in [6, 6.07) is 9.60. The van der Waals surface area contributed by atoms with Crippen LogP contribution in [0.15, 0.2) is 30.3 Å². The molecule has 1 aromatic heterocycles. The molecule has 0 aliphatic carbocycles. The maximum Gasteiger partial charge on any atom is 0.534 e. The molecule has 1 saturated heterocycles. The van der Waals surface area contributed by atoms with Gasteiger partial charge in [-0.1, -0.05) is 30.3 Å². The Kier molecular flexibility index (Phi) is 3.71. The predicted molar refractivity (Wildman–Crippen MR) is 86.0 cm³/mol. The van der Waals surface area contributed by atoms with Gasteiger partial charge in [0, 0.05) is 5.56 Å². The minimum absolute atomic E-state index is 0.124. The highest BCUT2D eigenvalue weighted by Crippen LogP contribution is 2.36. The average molecular weight is 318 g/mol. The lowest BCUT2D eigenvalue weighted by molar-refractivity contribution is 0.00578. The fourth-order valence-corrected chi connectivity index (χ4v) is 2.30. The third kappa shape index (κ3) is 2.74. The molecule has 1 aromatic carbocycles. The summed E-state index contributed by atoms with van der Waals surface area (Å²) in [6.07, 6.45) is 0. The normalized spacial score (nSPS) is 19.4. The van der Waals surface area contributed by atoms with E-state index in [9.17, 15) is 0 Å². The van der Waals surface area contributed by atoms with Crippen LogP contribution in [0.1, 0.15) is 27.7 Å². The molecule has 0 unspecified atom stereocenters. The lowest BCUT2D eigenvalue weighted by Crippen LogP contribution is -2.41. The molecule has 0 atom stereocenters. The van der Waals surface area contributed by atoms with E-state index in [1.54, 1.807) is 0 Å². The molecule has 7 heteroatoms. The highest BCUT2D eigenvalue weighted by Gasteiger charge is 2.53. The van der Waals surface area contributed by atoms with E-state index >= 15 is 0 Å². The van der Waals surface area contributed by atoms with Crippen molar-refractivity contribution in [3.63, 3.8) is 0 Å². The van der Waals surface area contributed by atoms with Gasteiger partial charge in [0.25, 0.3) is 0 Å². The SMILES string of the molecule is CC1(C)OB(c2nc(Cl)nc(-c3ccccc3)n2)OC1(C)C. The van der Waals surface area contributed by atoms with Crippen molar-refractivity contribution < 1.29 is 9.31 Å². The minimum atomic E-state index is -0.659. The Balaban J connectivity index is 1.98. The summed E-state index contributed by atoms with van der Waals surface area (Å²) < 4.78 is 11.9. The first-order valence-electron chi connectivity index (χ1n) is 7.11. The van der Waals surface area contributed by atoms with Gasteiger partial charge in [0.15, 0.2) is 11.5 Å². The summed E-state index contributed by atoms with van der Waals surface area (Å²) in [5, 5.41) is 0.124. The van der Waals surface area contributed by atoms with Gasteiger partial charge in [-0.2, -0.15) is 4.98 Å². The van der Waals surface area contributed by atoms with Gasteiger partial charge >= 0.3 is 7.12 Å². The van der Waals surface area contributed by atoms with Crippen LogP contribution in [-0.2, 0) is 9.31 Å². The van der Waals surface area contributed by atoms with Crippen molar-refractivity contribution in [2.24, 2.45) is 0 Å². The van der Waals surface area contributed by atoms with Gasteiger partial charge in [-0.3, -0.25) is 0 Å². The van der Waals surface area contributed by atoms with E-state index in [-0.39, 0.29) is 5.28 Å². The first-order valence-corrected chi connectivity index (χ1v) is 7.49. The molecule has 2 heterocycles. The average Bonchev–Trinajstić information content (AvgIpc) is 2.68. The second-order valence-electron chi connectivity index (χ2n) is 6.24. The second-order valence-corrected chi connectivity index (χ2v) is 6.58. The molecule has 0 radical (unpaired) electrons. The lowest BCUT2D eigenvalue weighted by Gasteiger charge is -2.32. The van der Waals surface area contributed by atoms with E-state index < -0.39 is 18.3 Å². The van der Waals surface area contributed by atoms with Crippen LogP contribution in [0.5, 0.6) is 0 Å². The van der Waals surface area contributed by atoms with Gasteiger partial charge in [0.05, 0.1) is 11.2 Å². The summed E-state index contributed by atoms with van der Waals surface area (Å²) in [6.45, 7) is 7.92. The number of rotatable bonds is 2. The molecule has 3 rings (SSSR count). The number of hydrogen-bond acceptors (Lipinski definition) is 5. The van der Waals surface area contributed by atoms with Gasteiger partial charge in [-0.05, 0) is 39.3 Å². The van der Waals surface area contributed by atoms with E-state index in [1.807, 2.05) is 58.0 Å². The molecule has 0 spiro atoms. The van der Waals surface area contributed by atoms with Crippen LogP contribution in [0, 0.1) is 0 Å². The Morgan fingerprint density at radius 2 is 1.50 bits per heavy atom. The standard InChI is InChI=1S/C15H17BClN3O2/c1-14(2)15(3,4)22-16(21-14)12-18-11(19-13(17)20-12)10-8-6-5-7-9-10/h5-9H,1-4H3. The summed E-state index contributed by atoms with van der Waals surface area (Å²) >= 11 is 6.05. The molecule has 22 heavy (non-hydrogen) atoms. The van der Waals surface area contributed by atoms with Crippen molar-refractivity contribution in [3.8, 4) is 11.4 Å². The molecule has 0 saturated carbocycles. The lowest BCUT2D eigenvalue weighted by atomic mass is 9.89. The van der Waals surface area contributed by atoms with Crippen molar-refractivity contribution in [2.75, 3.05) is 0 Å². The predicted octanol–water partition coefficient (Wildman–Crippen LogP) is 2.49. The number of halogens is 1. The molecule has 114 valence electrons. The molecule has 0 N–H and O–H groups in total. The van der Waals surface area contributed by atoms with Crippen LogP contribution in [0.25, 0.3) is 11.4 Å². The van der Waals surface area contributed by atoms with Crippen LogP contribution < -0.4 is 5.72 Å². The van der Waals surface area contributed by atoms with Crippen LogP contribution in [0.4, 0.5) is 0 Å². The first-order chi connectivity index (χ1) is 10.3. The van der Waals surface area contributed by atoms with Crippen LogP contribution in [0.3, 0.4) is 0 Å². The van der Waals surface area contributed by atoms with E-state index in [2.05, 4.69) is 15.0 Å². The van der Waals surface area contributed by atoms with Crippen molar-refractivity contribution in [1.82, 2.24) is 15.0 Å². The monoisotopic (exact) mass is 317 g/mol. The zero-order valence-electron chi connectivity index (χ0n) is 13.0. The van der Waals surface area contributed by atoms with E-state index in [0.29, 0.717) is 11.5 Å². The van der Waals surface area contributed by atoms with Gasteiger partial charge < -0.3 is 9.31 Å². The maximum absolute atomic E-state index is 6.05. The zero-order chi connectivity index (χ0) is 16.0. The van der Waals surface area contributed by atoms with Crippen LogP contribution >= 0.6 is 11.6 Å². The molecule has 1 fully saturated rings. The quantitative estimate of drug-likeness (QED) is 0.797. The topological polar surface area (TPSA) is 57.1 Å². The van der Waals surface area contributed by atoms with Crippen LogP contribution in [0.2, 0.25) is 5.28 Å². The third-order valence-electron chi connectivity index (χ3n) is 4.12. The summed E-state index contributed by atoms with van der Waals surface area (Å²) in [7, 11) is -0.659. The molecule has 1 aliphatic rings. The molecule has 2 aromatic rings. The fourth-order valence-electron chi connectivity index (χ4n) is 2.14. The molecule has 5 nitrogen and oxygen atoms in total.